The quantitative estimate of drug-likeness (QED) is 0.898. The number of hydrogen-bond donors (Lipinski definition) is 2. The van der Waals surface area contributed by atoms with Gasteiger partial charge in [-0.3, -0.25) is 4.79 Å². The highest BCUT2D eigenvalue weighted by molar-refractivity contribution is 9.10. The monoisotopic (exact) mass is 308 g/mol. The van der Waals surface area contributed by atoms with Crippen molar-refractivity contribution in [3.8, 4) is 5.75 Å². The fourth-order valence-corrected chi connectivity index (χ4v) is 1.79. The lowest BCUT2D eigenvalue weighted by atomic mass is 10.1. The highest BCUT2D eigenvalue weighted by Crippen LogP contribution is 2.35. The molecule has 4 nitrogen and oxygen atoms in total. The summed E-state index contributed by atoms with van der Waals surface area (Å²) in [6.45, 7) is -1.67. The molecular weight excluding hydrogens is 298 g/mol. The van der Waals surface area contributed by atoms with Gasteiger partial charge in [0.2, 0.25) is 5.91 Å². The number of rotatable bonds is 4. The van der Waals surface area contributed by atoms with Crippen LogP contribution in [0.3, 0.4) is 0 Å². The third-order valence-corrected chi connectivity index (χ3v) is 2.56. The van der Waals surface area contributed by atoms with Crippen LogP contribution in [0, 0.1) is 0 Å². The van der Waals surface area contributed by atoms with Crippen molar-refractivity contribution in [1.29, 1.82) is 0 Å². The second kappa shape index (κ2) is 5.92. The smallest absolute Gasteiger partial charge is 0.387 e. The van der Waals surface area contributed by atoms with E-state index in [0.717, 1.165) is 0 Å². The number of halogens is 3. The molecule has 17 heavy (non-hydrogen) atoms. The largest absolute Gasteiger partial charge is 0.433 e. The Kier molecular flexibility index (Phi) is 4.83. The molecule has 1 rings (SSSR count). The van der Waals surface area contributed by atoms with Gasteiger partial charge in [0, 0.05) is 24.7 Å². The first-order valence-electron chi connectivity index (χ1n) is 4.69. The molecule has 0 spiro atoms. The lowest BCUT2D eigenvalue weighted by Gasteiger charge is -2.15. The van der Waals surface area contributed by atoms with Crippen LogP contribution < -0.4 is 15.8 Å². The third kappa shape index (κ3) is 3.64. The van der Waals surface area contributed by atoms with E-state index in [2.05, 4.69) is 26.0 Å². The van der Waals surface area contributed by atoms with E-state index in [0.29, 0.717) is 15.7 Å². The second-order valence-electron chi connectivity index (χ2n) is 3.17. The maximum atomic E-state index is 12.2. The van der Waals surface area contributed by atoms with Gasteiger partial charge in [-0.1, -0.05) is 0 Å². The van der Waals surface area contributed by atoms with Crippen molar-refractivity contribution in [3.05, 3.63) is 22.2 Å². The molecule has 0 saturated heterocycles. The van der Waals surface area contributed by atoms with Crippen LogP contribution in [0.15, 0.2) is 16.6 Å². The van der Waals surface area contributed by atoms with Crippen molar-refractivity contribution in [2.75, 3.05) is 5.32 Å². The predicted octanol–water partition coefficient (Wildman–Crippen LogP) is 2.47. The highest BCUT2D eigenvalue weighted by Gasteiger charge is 2.16. The summed E-state index contributed by atoms with van der Waals surface area (Å²) in [5.74, 6) is -0.376. The molecule has 3 N–H and O–H groups in total. The van der Waals surface area contributed by atoms with Crippen molar-refractivity contribution in [2.45, 2.75) is 20.1 Å². The molecule has 1 aromatic rings. The van der Waals surface area contributed by atoms with Crippen molar-refractivity contribution in [3.63, 3.8) is 0 Å². The van der Waals surface area contributed by atoms with Crippen LogP contribution in [0.5, 0.6) is 5.75 Å². The van der Waals surface area contributed by atoms with Gasteiger partial charge in [-0.25, -0.2) is 0 Å². The molecule has 0 aliphatic rings. The van der Waals surface area contributed by atoms with Crippen LogP contribution in [0.1, 0.15) is 12.5 Å². The van der Waals surface area contributed by atoms with Gasteiger partial charge < -0.3 is 15.8 Å². The normalized spacial score (nSPS) is 10.5. The van der Waals surface area contributed by atoms with E-state index in [1.54, 1.807) is 6.07 Å². The number of benzene rings is 1. The summed E-state index contributed by atoms with van der Waals surface area (Å²) in [5.41, 5.74) is 6.15. The Morgan fingerprint density at radius 1 is 1.59 bits per heavy atom. The topological polar surface area (TPSA) is 64.3 Å². The van der Waals surface area contributed by atoms with Gasteiger partial charge >= 0.3 is 6.61 Å². The Labute approximate surface area is 105 Å². The van der Waals surface area contributed by atoms with Crippen LogP contribution in [-0.2, 0) is 11.3 Å². The molecule has 1 amide bonds. The number of hydrogen-bond acceptors (Lipinski definition) is 3. The molecular formula is C10H11BrF2N2O2. The molecule has 0 aliphatic heterocycles. The van der Waals surface area contributed by atoms with E-state index in [-0.39, 0.29) is 18.2 Å². The Morgan fingerprint density at radius 3 is 2.71 bits per heavy atom. The summed E-state index contributed by atoms with van der Waals surface area (Å²) in [5, 5.41) is 2.50. The maximum Gasteiger partial charge on any atom is 0.387 e. The summed E-state index contributed by atoms with van der Waals surface area (Å²) < 4.78 is 29.2. The van der Waals surface area contributed by atoms with Gasteiger partial charge in [0.05, 0.1) is 4.47 Å². The van der Waals surface area contributed by atoms with Crippen LogP contribution >= 0.6 is 15.9 Å². The van der Waals surface area contributed by atoms with Crippen LogP contribution in [0.4, 0.5) is 14.5 Å². The second-order valence-corrected chi connectivity index (χ2v) is 4.02. The zero-order valence-electron chi connectivity index (χ0n) is 8.97. The summed E-state index contributed by atoms with van der Waals surface area (Å²) in [4.78, 5) is 10.9. The van der Waals surface area contributed by atoms with E-state index in [4.69, 9.17) is 5.73 Å². The molecule has 7 heteroatoms. The number of carbonyl (C=O) groups is 1. The lowest BCUT2D eigenvalue weighted by molar-refractivity contribution is -0.114. The van der Waals surface area contributed by atoms with Gasteiger partial charge in [-0.2, -0.15) is 8.78 Å². The first kappa shape index (κ1) is 13.9. The molecule has 0 unspecified atom stereocenters. The van der Waals surface area contributed by atoms with Crippen molar-refractivity contribution >= 4 is 27.5 Å². The number of alkyl halides is 2. The fourth-order valence-electron chi connectivity index (χ4n) is 1.33. The van der Waals surface area contributed by atoms with Gasteiger partial charge in [0.25, 0.3) is 0 Å². The number of amides is 1. The summed E-state index contributed by atoms with van der Waals surface area (Å²) in [6.07, 6.45) is 0. The van der Waals surface area contributed by atoms with Gasteiger partial charge in [-0.05, 0) is 28.1 Å². The Hall–Kier alpha value is -1.21. The Balaban J connectivity index is 3.20. The zero-order chi connectivity index (χ0) is 13.0. The average Bonchev–Trinajstić information content (AvgIpc) is 2.22. The summed E-state index contributed by atoms with van der Waals surface area (Å²) >= 11 is 3.09. The zero-order valence-corrected chi connectivity index (χ0v) is 10.6. The molecule has 0 aromatic heterocycles. The fraction of sp³-hybridized carbons (Fsp3) is 0.300. The minimum absolute atomic E-state index is 0.0306. The van der Waals surface area contributed by atoms with E-state index < -0.39 is 6.61 Å². The Bertz CT molecular complexity index is 427. The molecule has 94 valence electrons. The minimum Gasteiger partial charge on any atom is -0.433 e. The van der Waals surface area contributed by atoms with Crippen LogP contribution in [-0.4, -0.2) is 12.5 Å². The van der Waals surface area contributed by atoms with Crippen molar-refractivity contribution < 1.29 is 18.3 Å². The van der Waals surface area contributed by atoms with Crippen molar-refractivity contribution in [1.82, 2.24) is 0 Å². The van der Waals surface area contributed by atoms with E-state index >= 15 is 0 Å². The minimum atomic E-state index is -2.95. The maximum absolute atomic E-state index is 12.2. The average molecular weight is 309 g/mol. The third-order valence-electron chi connectivity index (χ3n) is 1.93. The summed E-state index contributed by atoms with van der Waals surface area (Å²) in [6, 6.07) is 3.06. The summed E-state index contributed by atoms with van der Waals surface area (Å²) in [7, 11) is 0. The van der Waals surface area contributed by atoms with Crippen LogP contribution in [0.25, 0.3) is 0 Å². The highest BCUT2D eigenvalue weighted by atomic mass is 79.9. The molecule has 0 bridgehead atoms. The number of carbonyl (C=O) groups excluding carboxylic acids is 1. The molecule has 1 aromatic carbocycles. The molecule has 0 atom stereocenters. The number of nitrogens with one attached hydrogen (secondary N) is 1. The first-order valence-corrected chi connectivity index (χ1v) is 5.48. The lowest BCUT2D eigenvalue weighted by Crippen LogP contribution is -2.13. The standard InChI is InChI=1S/C10H11BrF2N2O2/c1-5(16)15-8-3-2-7(11)9(6(8)4-14)17-10(12)13/h2-3,10H,4,14H2,1H3,(H,15,16). The number of nitrogens with two attached hydrogens (primary N) is 1. The SMILES string of the molecule is CC(=O)Nc1ccc(Br)c(OC(F)F)c1CN. The van der Waals surface area contributed by atoms with Gasteiger partial charge in [0.1, 0.15) is 5.75 Å². The van der Waals surface area contributed by atoms with Gasteiger partial charge in [0.15, 0.2) is 0 Å². The number of anilines is 1. The molecule has 0 saturated carbocycles. The molecule has 0 fully saturated rings. The molecule has 0 radical (unpaired) electrons. The number of ether oxygens (including phenoxy) is 1. The van der Waals surface area contributed by atoms with Crippen molar-refractivity contribution in [2.24, 2.45) is 5.73 Å². The predicted molar refractivity (Wildman–Crippen MR) is 63.0 cm³/mol. The first-order chi connectivity index (χ1) is 7.95. The van der Waals surface area contributed by atoms with Gasteiger partial charge in [-0.15, -0.1) is 0 Å². The molecule has 0 heterocycles. The molecule has 0 aliphatic carbocycles. The van der Waals surface area contributed by atoms with E-state index in [1.807, 2.05) is 0 Å². The Morgan fingerprint density at radius 2 is 2.24 bits per heavy atom. The van der Waals surface area contributed by atoms with E-state index in [1.165, 1.54) is 13.0 Å². The van der Waals surface area contributed by atoms with Crippen LogP contribution in [0.2, 0.25) is 0 Å². The van der Waals surface area contributed by atoms with E-state index in [9.17, 15) is 13.6 Å².